The Balaban J connectivity index is 1.08. The number of hydrogen-bond acceptors (Lipinski definition) is 4. The summed E-state index contributed by atoms with van der Waals surface area (Å²) in [5, 5.41) is 11.0. The van der Waals surface area contributed by atoms with Gasteiger partial charge in [0, 0.05) is 56.2 Å². The van der Waals surface area contributed by atoms with Gasteiger partial charge in [-0.3, -0.25) is 4.98 Å². The Morgan fingerprint density at radius 1 is 0.673 bits per heavy atom. The van der Waals surface area contributed by atoms with E-state index in [0.29, 0.717) is 0 Å². The number of nitrogens with one attached hydrogen (secondary N) is 2. The number of thiophene rings is 1. The second kappa shape index (κ2) is 12.7. The largest absolute Gasteiger partial charge is 0.387 e. The van der Waals surface area contributed by atoms with Gasteiger partial charge >= 0.3 is 0 Å². The van der Waals surface area contributed by atoms with Crippen molar-refractivity contribution in [1.29, 1.82) is 0 Å². The van der Waals surface area contributed by atoms with Gasteiger partial charge in [0.2, 0.25) is 0 Å². The normalized spacial score (nSPS) is 15.6. The number of fused-ring (bicyclic) bond motifs is 5. The van der Waals surface area contributed by atoms with Crippen LogP contribution in [0.15, 0.2) is 176 Å². The van der Waals surface area contributed by atoms with Crippen molar-refractivity contribution < 1.29 is 0 Å². The molecule has 2 aliphatic rings. The van der Waals surface area contributed by atoms with Crippen molar-refractivity contribution in [2.24, 2.45) is 0 Å². The molecule has 0 bridgehead atoms. The topological polar surface area (TPSA) is 41.9 Å². The zero-order valence-electron chi connectivity index (χ0n) is 28.3. The van der Waals surface area contributed by atoms with Gasteiger partial charge in [0.25, 0.3) is 0 Å². The van der Waals surface area contributed by atoms with Crippen molar-refractivity contribution >= 4 is 60.1 Å². The third-order valence-corrected chi connectivity index (χ3v) is 11.4. The lowest BCUT2D eigenvalue weighted by molar-refractivity contribution is 0.765. The Kier molecular flexibility index (Phi) is 7.43. The summed E-state index contributed by atoms with van der Waals surface area (Å²) in [7, 11) is 0. The lowest BCUT2D eigenvalue weighted by Crippen LogP contribution is -2.22. The monoisotopic (exact) mass is 686 g/mol. The molecule has 52 heavy (non-hydrogen) atoms. The molecular weight excluding hydrogens is 653 g/mol. The standard InChI is InChI=1S/C47H34N4S/c1-2-7-35(8-3-1)45-30-37-17-18-44-46(47(37)52-45)40-11-4-5-12-43(40)51(44)39-10-6-9-36(27-39)42-29-38(28-41(50-42)34-21-25-49-26-22-34)32-15-13-31(14-16-32)33-19-23-48-24-20-33/h1-23,25-30,42,48,50H,24H2. The average Bonchev–Trinajstić information content (AvgIpc) is 3.82. The van der Waals surface area contributed by atoms with E-state index in [2.05, 4.69) is 178 Å². The Bertz CT molecular complexity index is 2750. The predicted octanol–water partition coefficient (Wildman–Crippen LogP) is 11.3. The van der Waals surface area contributed by atoms with Crippen molar-refractivity contribution in [3.8, 4) is 16.1 Å². The fourth-order valence-electron chi connectivity index (χ4n) is 7.64. The highest BCUT2D eigenvalue weighted by Gasteiger charge is 2.21. The van der Waals surface area contributed by atoms with E-state index in [1.54, 1.807) is 0 Å². The number of aromatic nitrogens is 2. The predicted molar refractivity (Wildman–Crippen MR) is 219 cm³/mol. The third kappa shape index (κ3) is 5.34. The van der Waals surface area contributed by atoms with Crippen LogP contribution in [0.2, 0.25) is 0 Å². The molecule has 10 rings (SSSR count). The molecule has 8 aromatic rings. The van der Waals surface area contributed by atoms with E-state index in [0.717, 1.165) is 23.5 Å². The van der Waals surface area contributed by atoms with Crippen molar-refractivity contribution in [1.82, 2.24) is 20.2 Å². The van der Waals surface area contributed by atoms with Crippen LogP contribution < -0.4 is 10.6 Å². The number of nitrogens with zero attached hydrogens (tertiary/aromatic N) is 2. The first-order valence-corrected chi connectivity index (χ1v) is 18.5. The first-order valence-electron chi connectivity index (χ1n) is 17.7. The minimum atomic E-state index is -0.0385. The first kappa shape index (κ1) is 30.4. The molecule has 0 amide bonds. The molecule has 4 nitrogen and oxygen atoms in total. The summed E-state index contributed by atoms with van der Waals surface area (Å²) < 4.78 is 3.76. The fraction of sp³-hybridized carbons (Fsp3) is 0.0426. The van der Waals surface area contributed by atoms with Gasteiger partial charge in [-0.25, -0.2) is 0 Å². The van der Waals surface area contributed by atoms with E-state index < -0.39 is 0 Å². The number of benzene rings is 5. The van der Waals surface area contributed by atoms with Crippen LogP contribution in [-0.2, 0) is 0 Å². The smallest absolute Gasteiger partial charge is 0.0707 e. The second-order valence-electron chi connectivity index (χ2n) is 13.3. The van der Waals surface area contributed by atoms with Crippen LogP contribution >= 0.6 is 11.3 Å². The highest BCUT2D eigenvalue weighted by Crippen LogP contribution is 2.43. The van der Waals surface area contributed by atoms with E-state index in [1.165, 1.54) is 70.2 Å². The summed E-state index contributed by atoms with van der Waals surface area (Å²) in [5.74, 6) is 0. The van der Waals surface area contributed by atoms with Gasteiger partial charge in [0.1, 0.15) is 0 Å². The Morgan fingerprint density at radius 3 is 2.31 bits per heavy atom. The molecule has 1 unspecified atom stereocenters. The molecule has 5 heteroatoms. The zero-order chi connectivity index (χ0) is 34.4. The van der Waals surface area contributed by atoms with Crippen LogP contribution in [0.3, 0.4) is 0 Å². The highest BCUT2D eigenvalue weighted by molar-refractivity contribution is 7.23. The third-order valence-electron chi connectivity index (χ3n) is 10.2. The minimum absolute atomic E-state index is 0.0385. The molecule has 0 saturated heterocycles. The molecule has 248 valence electrons. The molecule has 0 radical (unpaired) electrons. The van der Waals surface area contributed by atoms with E-state index in [9.17, 15) is 0 Å². The Hall–Kier alpha value is -6.43. The highest BCUT2D eigenvalue weighted by atomic mass is 32.1. The molecule has 1 atom stereocenters. The van der Waals surface area contributed by atoms with Crippen LogP contribution in [0.1, 0.15) is 28.3 Å². The molecule has 2 aliphatic heterocycles. The fourth-order valence-corrected chi connectivity index (χ4v) is 8.86. The van der Waals surface area contributed by atoms with E-state index in [-0.39, 0.29) is 6.04 Å². The lowest BCUT2D eigenvalue weighted by atomic mass is 9.92. The summed E-state index contributed by atoms with van der Waals surface area (Å²) >= 11 is 1.88. The SMILES string of the molecule is C1=CC(c2ccc(C3=CC(c4cccc(-n5c6ccccc6c6c7sc(-c8ccccc8)cc7ccc65)c4)NC(c4ccncc4)=C3)cc2)=CCN1. The quantitative estimate of drug-likeness (QED) is 0.183. The van der Waals surface area contributed by atoms with Crippen molar-refractivity contribution in [3.63, 3.8) is 0 Å². The summed E-state index contributed by atoms with van der Waals surface area (Å²) in [6.07, 6.45) is 14.7. The summed E-state index contributed by atoms with van der Waals surface area (Å²) in [4.78, 5) is 5.58. The Morgan fingerprint density at radius 2 is 1.48 bits per heavy atom. The van der Waals surface area contributed by atoms with Gasteiger partial charge < -0.3 is 15.2 Å². The Labute approximate surface area is 306 Å². The van der Waals surface area contributed by atoms with Crippen LogP contribution in [0.25, 0.3) is 64.9 Å². The summed E-state index contributed by atoms with van der Waals surface area (Å²) in [6, 6.07) is 48.5. The van der Waals surface area contributed by atoms with Crippen LogP contribution in [0.5, 0.6) is 0 Å². The molecule has 0 saturated carbocycles. The first-order chi connectivity index (χ1) is 25.8. The van der Waals surface area contributed by atoms with Gasteiger partial charge in [0.15, 0.2) is 0 Å². The summed E-state index contributed by atoms with van der Waals surface area (Å²) in [5.41, 5.74) is 13.1. The maximum atomic E-state index is 4.29. The number of allylic oxidation sites excluding steroid dienone is 4. The van der Waals surface area contributed by atoms with Crippen molar-refractivity contribution in [2.45, 2.75) is 6.04 Å². The average molecular weight is 687 g/mol. The second-order valence-corrected chi connectivity index (χ2v) is 14.4. The molecule has 0 fully saturated rings. The number of dihydropyridines is 2. The lowest BCUT2D eigenvalue weighted by Gasteiger charge is -2.26. The van der Waals surface area contributed by atoms with Gasteiger partial charge in [-0.1, -0.05) is 97.1 Å². The zero-order valence-corrected chi connectivity index (χ0v) is 29.1. The van der Waals surface area contributed by atoms with Gasteiger partial charge in [-0.15, -0.1) is 11.3 Å². The maximum absolute atomic E-state index is 4.29. The number of para-hydroxylation sites is 1. The number of pyridine rings is 1. The van der Waals surface area contributed by atoms with Crippen molar-refractivity contribution in [3.05, 3.63) is 199 Å². The molecule has 5 aromatic carbocycles. The maximum Gasteiger partial charge on any atom is 0.0707 e. The van der Waals surface area contributed by atoms with Gasteiger partial charge in [0.05, 0.1) is 17.1 Å². The van der Waals surface area contributed by atoms with E-state index >= 15 is 0 Å². The van der Waals surface area contributed by atoms with Crippen LogP contribution in [0.4, 0.5) is 0 Å². The van der Waals surface area contributed by atoms with Gasteiger partial charge in [-0.2, -0.15) is 0 Å². The molecule has 0 spiro atoms. The minimum Gasteiger partial charge on any atom is -0.387 e. The molecule has 2 N–H and O–H groups in total. The van der Waals surface area contributed by atoms with E-state index in [4.69, 9.17) is 0 Å². The van der Waals surface area contributed by atoms with Crippen LogP contribution in [0, 0.1) is 0 Å². The molecular formula is C47H34N4S. The number of hydrogen-bond donors (Lipinski definition) is 2. The van der Waals surface area contributed by atoms with Crippen molar-refractivity contribution in [2.75, 3.05) is 6.54 Å². The molecule has 3 aromatic heterocycles. The molecule has 0 aliphatic carbocycles. The van der Waals surface area contributed by atoms with Gasteiger partial charge in [-0.05, 0) is 106 Å². The van der Waals surface area contributed by atoms with Crippen LogP contribution in [-0.4, -0.2) is 16.1 Å². The number of rotatable bonds is 6. The molecule has 5 heterocycles. The summed E-state index contributed by atoms with van der Waals surface area (Å²) in [6.45, 7) is 0.853. The van der Waals surface area contributed by atoms with E-state index in [1.807, 2.05) is 29.9 Å².